The van der Waals surface area contributed by atoms with Gasteiger partial charge in [-0.3, -0.25) is 0 Å². The van der Waals surface area contributed by atoms with Crippen molar-refractivity contribution in [2.75, 3.05) is 6.61 Å². The van der Waals surface area contributed by atoms with Crippen LogP contribution in [0.15, 0.2) is 47.0 Å². The molecule has 2 aromatic carbocycles. The number of aryl methyl sites for hydroxylation is 3. The number of hydrogen-bond acceptors (Lipinski definition) is 6. The van der Waals surface area contributed by atoms with Gasteiger partial charge in [0.1, 0.15) is 5.75 Å². The summed E-state index contributed by atoms with van der Waals surface area (Å²) in [6, 6.07) is 13.4. The summed E-state index contributed by atoms with van der Waals surface area (Å²) in [5, 5.41) is 3.93. The number of nitrogens with zero attached hydrogens (tertiary/aromatic N) is 2. The number of aromatic nitrogens is 2. The second-order valence-corrected chi connectivity index (χ2v) is 6.02. The highest BCUT2D eigenvalue weighted by molar-refractivity contribution is 5.71. The Labute approximate surface area is 151 Å². The lowest BCUT2D eigenvalue weighted by Gasteiger charge is -2.07. The van der Waals surface area contributed by atoms with Crippen molar-refractivity contribution >= 4 is 5.97 Å². The summed E-state index contributed by atoms with van der Waals surface area (Å²) in [4.78, 5) is 16.1. The van der Waals surface area contributed by atoms with Crippen molar-refractivity contribution in [1.29, 1.82) is 0 Å². The van der Waals surface area contributed by atoms with Crippen LogP contribution in [-0.2, 0) is 16.1 Å². The van der Waals surface area contributed by atoms with Gasteiger partial charge in [-0.05, 0) is 49.6 Å². The topological polar surface area (TPSA) is 74.5 Å². The molecule has 0 N–H and O–H groups in total. The normalized spacial score (nSPS) is 10.6. The molecule has 0 bridgehead atoms. The van der Waals surface area contributed by atoms with E-state index in [-0.39, 0.29) is 19.1 Å². The Hall–Kier alpha value is -3.15. The lowest BCUT2D eigenvalue weighted by Crippen LogP contribution is -2.15. The van der Waals surface area contributed by atoms with Crippen LogP contribution in [0, 0.1) is 20.8 Å². The monoisotopic (exact) mass is 352 g/mol. The quantitative estimate of drug-likeness (QED) is 0.629. The van der Waals surface area contributed by atoms with Crippen molar-refractivity contribution in [3.63, 3.8) is 0 Å². The highest BCUT2D eigenvalue weighted by Crippen LogP contribution is 2.20. The molecule has 3 rings (SSSR count). The molecule has 3 aromatic rings. The zero-order valence-electron chi connectivity index (χ0n) is 15.0. The second kappa shape index (κ2) is 7.82. The van der Waals surface area contributed by atoms with E-state index >= 15 is 0 Å². The van der Waals surface area contributed by atoms with E-state index in [0.29, 0.717) is 11.6 Å². The van der Waals surface area contributed by atoms with Crippen LogP contribution >= 0.6 is 0 Å². The summed E-state index contributed by atoms with van der Waals surface area (Å²) in [5.41, 5.74) is 4.19. The lowest BCUT2D eigenvalue weighted by molar-refractivity contribution is -0.148. The van der Waals surface area contributed by atoms with Gasteiger partial charge in [-0.15, -0.1) is 0 Å². The van der Waals surface area contributed by atoms with E-state index in [9.17, 15) is 4.79 Å². The highest BCUT2D eigenvalue weighted by Gasteiger charge is 2.13. The molecule has 0 radical (unpaired) electrons. The van der Waals surface area contributed by atoms with Crippen LogP contribution in [0.5, 0.6) is 5.75 Å². The number of benzene rings is 2. The molecule has 0 saturated heterocycles. The molecule has 6 heteroatoms. The smallest absolute Gasteiger partial charge is 0.344 e. The van der Waals surface area contributed by atoms with Gasteiger partial charge < -0.3 is 14.0 Å². The van der Waals surface area contributed by atoms with Crippen molar-refractivity contribution in [3.05, 3.63) is 65.0 Å². The minimum atomic E-state index is -0.501. The largest absolute Gasteiger partial charge is 0.482 e. The Morgan fingerprint density at radius 1 is 1.04 bits per heavy atom. The Bertz CT molecular complexity index is 918. The second-order valence-electron chi connectivity index (χ2n) is 6.02. The van der Waals surface area contributed by atoms with E-state index in [1.54, 1.807) is 0 Å². The summed E-state index contributed by atoms with van der Waals surface area (Å²) in [7, 11) is 0. The predicted molar refractivity (Wildman–Crippen MR) is 95.7 cm³/mol. The van der Waals surface area contributed by atoms with Crippen LogP contribution in [0.1, 0.15) is 22.6 Å². The van der Waals surface area contributed by atoms with Gasteiger partial charge in [0, 0.05) is 5.56 Å². The highest BCUT2D eigenvalue weighted by atomic mass is 16.6. The van der Waals surface area contributed by atoms with Gasteiger partial charge in [0.05, 0.1) is 0 Å². The molecular weight excluding hydrogens is 332 g/mol. The van der Waals surface area contributed by atoms with E-state index < -0.39 is 5.97 Å². The van der Waals surface area contributed by atoms with Crippen molar-refractivity contribution < 1.29 is 18.8 Å². The van der Waals surface area contributed by atoms with E-state index in [4.69, 9.17) is 14.0 Å². The lowest BCUT2D eigenvalue weighted by atomic mass is 10.1. The van der Waals surface area contributed by atoms with Gasteiger partial charge in [0.25, 0.3) is 5.89 Å². The Balaban J connectivity index is 1.52. The standard InChI is InChI=1S/C20H20N2O4/c1-13-8-9-16(10-15(13)3)24-12-19(23)25-11-18-21-20(22-26-18)17-7-5-4-6-14(17)2/h4-10H,11-12H2,1-3H3. The molecule has 0 aliphatic heterocycles. The minimum Gasteiger partial charge on any atom is -0.482 e. The Morgan fingerprint density at radius 2 is 1.85 bits per heavy atom. The van der Waals surface area contributed by atoms with Crippen LogP contribution in [0.2, 0.25) is 0 Å². The molecule has 134 valence electrons. The van der Waals surface area contributed by atoms with Crippen LogP contribution in [0.3, 0.4) is 0 Å². The van der Waals surface area contributed by atoms with E-state index in [1.165, 1.54) is 5.56 Å². The number of carbonyl (C=O) groups is 1. The predicted octanol–water partition coefficient (Wildman–Crippen LogP) is 3.78. The van der Waals surface area contributed by atoms with Crippen molar-refractivity contribution in [2.45, 2.75) is 27.4 Å². The van der Waals surface area contributed by atoms with Crippen LogP contribution in [0.25, 0.3) is 11.4 Å². The summed E-state index contributed by atoms with van der Waals surface area (Å²) in [5.74, 6) is 0.840. The molecular formula is C20H20N2O4. The van der Waals surface area contributed by atoms with Crippen molar-refractivity contribution in [2.24, 2.45) is 0 Å². The van der Waals surface area contributed by atoms with Gasteiger partial charge in [-0.2, -0.15) is 4.98 Å². The zero-order chi connectivity index (χ0) is 18.5. The van der Waals surface area contributed by atoms with E-state index in [0.717, 1.165) is 16.7 Å². The molecule has 0 aliphatic carbocycles. The molecule has 1 heterocycles. The maximum Gasteiger partial charge on any atom is 0.344 e. The fraction of sp³-hybridized carbons (Fsp3) is 0.250. The summed E-state index contributed by atoms with van der Waals surface area (Å²) in [6.45, 7) is 5.70. The number of hydrogen-bond donors (Lipinski definition) is 0. The van der Waals surface area contributed by atoms with Crippen molar-refractivity contribution in [3.8, 4) is 17.1 Å². The Morgan fingerprint density at radius 3 is 2.62 bits per heavy atom. The first kappa shape index (κ1) is 17.7. The molecule has 6 nitrogen and oxygen atoms in total. The number of carbonyl (C=O) groups excluding carboxylic acids is 1. The molecule has 0 unspecified atom stereocenters. The van der Waals surface area contributed by atoms with Crippen LogP contribution < -0.4 is 4.74 Å². The third kappa shape index (κ3) is 4.27. The van der Waals surface area contributed by atoms with E-state index in [1.807, 2.05) is 63.2 Å². The third-order valence-corrected chi connectivity index (χ3v) is 4.05. The minimum absolute atomic E-state index is 0.0893. The number of esters is 1. The van der Waals surface area contributed by atoms with Gasteiger partial charge in [0.2, 0.25) is 5.82 Å². The summed E-state index contributed by atoms with van der Waals surface area (Å²) < 4.78 is 15.7. The average molecular weight is 352 g/mol. The average Bonchev–Trinajstić information content (AvgIpc) is 3.10. The molecule has 0 amide bonds. The summed E-state index contributed by atoms with van der Waals surface area (Å²) >= 11 is 0. The van der Waals surface area contributed by atoms with Gasteiger partial charge in [0.15, 0.2) is 13.2 Å². The first-order chi connectivity index (χ1) is 12.5. The molecule has 0 fully saturated rings. The molecule has 0 atom stereocenters. The molecule has 0 saturated carbocycles. The zero-order valence-corrected chi connectivity index (χ0v) is 15.0. The van der Waals surface area contributed by atoms with E-state index in [2.05, 4.69) is 10.1 Å². The molecule has 0 aliphatic rings. The summed E-state index contributed by atoms with van der Waals surface area (Å²) in [6.07, 6.45) is 0. The molecule has 0 spiro atoms. The SMILES string of the molecule is Cc1ccc(OCC(=O)OCc2nc(-c3ccccc3C)no2)cc1C. The maximum atomic E-state index is 11.8. The van der Waals surface area contributed by atoms with Gasteiger partial charge >= 0.3 is 5.97 Å². The van der Waals surface area contributed by atoms with Gasteiger partial charge in [-0.1, -0.05) is 35.5 Å². The first-order valence-corrected chi connectivity index (χ1v) is 8.27. The Kier molecular flexibility index (Phi) is 5.31. The fourth-order valence-electron chi connectivity index (χ4n) is 2.38. The van der Waals surface area contributed by atoms with Gasteiger partial charge in [-0.25, -0.2) is 4.79 Å². The maximum absolute atomic E-state index is 11.8. The molecule has 26 heavy (non-hydrogen) atoms. The number of ether oxygens (including phenoxy) is 2. The fourth-order valence-corrected chi connectivity index (χ4v) is 2.38. The number of rotatable bonds is 6. The van der Waals surface area contributed by atoms with Crippen LogP contribution in [0.4, 0.5) is 0 Å². The first-order valence-electron chi connectivity index (χ1n) is 8.27. The van der Waals surface area contributed by atoms with Crippen LogP contribution in [-0.4, -0.2) is 22.7 Å². The molecule has 1 aromatic heterocycles. The third-order valence-electron chi connectivity index (χ3n) is 4.05. The van der Waals surface area contributed by atoms with Crippen molar-refractivity contribution in [1.82, 2.24) is 10.1 Å².